The number of esters is 1. The van der Waals surface area contributed by atoms with Gasteiger partial charge in [0.25, 0.3) is 0 Å². The predicted octanol–water partition coefficient (Wildman–Crippen LogP) is 2.88. The minimum Gasteiger partial charge on any atom is -0.463 e. The first-order valence-electron chi connectivity index (χ1n) is 8.80. The molecule has 0 saturated carbocycles. The zero-order chi connectivity index (χ0) is 20.6. The monoisotopic (exact) mass is 401 g/mol. The Bertz CT molecular complexity index is 948. The van der Waals surface area contributed by atoms with Gasteiger partial charge in [0, 0.05) is 5.57 Å². The highest BCUT2D eigenvalue weighted by Gasteiger charge is 2.19. The van der Waals surface area contributed by atoms with Crippen LogP contribution in [-0.4, -0.2) is 32.8 Å². The number of rotatable bonds is 8. The molecule has 0 spiro atoms. The quantitative estimate of drug-likeness (QED) is 0.543. The van der Waals surface area contributed by atoms with Crippen molar-refractivity contribution < 1.29 is 22.7 Å². The molecule has 0 aliphatic rings. The van der Waals surface area contributed by atoms with E-state index in [9.17, 15) is 18.0 Å². The largest absolute Gasteiger partial charge is 0.463 e. The Hall–Kier alpha value is -2.93. The minimum atomic E-state index is -3.66. The van der Waals surface area contributed by atoms with Crippen molar-refractivity contribution in [2.75, 3.05) is 12.5 Å². The minimum absolute atomic E-state index is 0.129. The van der Waals surface area contributed by atoms with Crippen molar-refractivity contribution in [3.05, 3.63) is 71.3 Å². The van der Waals surface area contributed by atoms with Gasteiger partial charge in [0.2, 0.25) is 5.91 Å². The standard InChI is InChI=1S/C21H23NO5S/c1-3-27-21(24)18(13-17-7-5-4-6-8-17)14-20(23)22-15-28(25,26)19-11-9-16(2)10-12-19/h4-13H,3,14-15H2,1-2H3,(H,22,23)/b18-13+. The molecule has 0 aliphatic carbocycles. The van der Waals surface area contributed by atoms with Crippen molar-refractivity contribution in [1.29, 1.82) is 0 Å². The number of nitrogens with one attached hydrogen (secondary N) is 1. The van der Waals surface area contributed by atoms with Crippen LogP contribution in [-0.2, 0) is 24.2 Å². The van der Waals surface area contributed by atoms with E-state index in [1.54, 1.807) is 37.3 Å². The van der Waals surface area contributed by atoms with E-state index in [1.165, 1.54) is 12.1 Å². The summed E-state index contributed by atoms with van der Waals surface area (Å²) in [4.78, 5) is 24.5. The molecule has 2 rings (SSSR count). The summed E-state index contributed by atoms with van der Waals surface area (Å²) in [6.07, 6.45) is 1.28. The first-order valence-corrected chi connectivity index (χ1v) is 10.5. The average molecular weight is 401 g/mol. The number of amides is 1. The van der Waals surface area contributed by atoms with Crippen molar-refractivity contribution in [1.82, 2.24) is 5.32 Å². The number of hydrogen-bond acceptors (Lipinski definition) is 5. The van der Waals surface area contributed by atoms with Crippen molar-refractivity contribution >= 4 is 27.8 Å². The molecule has 6 nitrogen and oxygen atoms in total. The summed E-state index contributed by atoms with van der Waals surface area (Å²) >= 11 is 0. The topological polar surface area (TPSA) is 89.5 Å². The third kappa shape index (κ3) is 6.35. The van der Waals surface area contributed by atoms with Crippen LogP contribution >= 0.6 is 0 Å². The third-order valence-electron chi connectivity index (χ3n) is 3.87. The SMILES string of the molecule is CCOC(=O)/C(=C/c1ccccc1)CC(=O)NCS(=O)(=O)c1ccc(C)cc1. The van der Waals surface area contributed by atoms with E-state index in [0.29, 0.717) is 0 Å². The first kappa shape index (κ1) is 21.4. The average Bonchev–Trinajstić information content (AvgIpc) is 2.67. The van der Waals surface area contributed by atoms with Crippen LogP contribution in [0.4, 0.5) is 0 Å². The number of benzene rings is 2. The smallest absolute Gasteiger partial charge is 0.334 e. The highest BCUT2D eigenvalue weighted by atomic mass is 32.2. The molecule has 0 unspecified atom stereocenters. The third-order valence-corrected chi connectivity index (χ3v) is 5.38. The summed E-state index contributed by atoms with van der Waals surface area (Å²) in [5.41, 5.74) is 1.83. The van der Waals surface area contributed by atoms with Crippen LogP contribution in [0.3, 0.4) is 0 Å². The summed E-state index contributed by atoms with van der Waals surface area (Å²) < 4.78 is 29.7. The fourth-order valence-corrected chi connectivity index (χ4v) is 3.46. The fourth-order valence-electron chi connectivity index (χ4n) is 2.40. The lowest BCUT2D eigenvalue weighted by Crippen LogP contribution is -2.30. The molecule has 2 aromatic carbocycles. The molecule has 1 amide bonds. The van der Waals surface area contributed by atoms with Crippen molar-refractivity contribution in [2.24, 2.45) is 0 Å². The van der Waals surface area contributed by atoms with E-state index < -0.39 is 27.6 Å². The van der Waals surface area contributed by atoms with Gasteiger partial charge in [-0.1, -0.05) is 48.0 Å². The van der Waals surface area contributed by atoms with Crippen LogP contribution in [0.2, 0.25) is 0 Å². The molecule has 28 heavy (non-hydrogen) atoms. The van der Waals surface area contributed by atoms with Gasteiger partial charge in [-0.15, -0.1) is 0 Å². The highest BCUT2D eigenvalue weighted by Crippen LogP contribution is 2.14. The number of carbonyl (C=O) groups excluding carboxylic acids is 2. The number of sulfone groups is 1. The van der Waals surface area contributed by atoms with E-state index in [1.807, 2.05) is 25.1 Å². The lowest BCUT2D eigenvalue weighted by molar-refractivity contribution is -0.139. The Kier molecular flexibility index (Phi) is 7.52. The molecule has 7 heteroatoms. The fraction of sp³-hybridized carbons (Fsp3) is 0.238. The maximum Gasteiger partial charge on any atom is 0.334 e. The molecule has 1 N–H and O–H groups in total. The molecule has 0 aliphatic heterocycles. The van der Waals surface area contributed by atoms with E-state index >= 15 is 0 Å². The van der Waals surface area contributed by atoms with Crippen molar-refractivity contribution in [3.8, 4) is 0 Å². The molecule has 0 bridgehead atoms. The van der Waals surface area contributed by atoms with Gasteiger partial charge in [-0.2, -0.15) is 0 Å². The van der Waals surface area contributed by atoms with E-state index in [-0.39, 0.29) is 23.5 Å². The summed E-state index contributed by atoms with van der Waals surface area (Å²) in [6, 6.07) is 15.4. The zero-order valence-corrected chi connectivity index (χ0v) is 16.7. The molecule has 0 radical (unpaired) electrons. The normalized spacial score (nSPS) is 11.7. The second-order valence-corrected chi connectivity index (χ2v) is 8.14. The maximum atomic E-state index is 12.3. The molecule has 0 aromatic heterocycles. The Labute approximate surface area is 165 Å². The van der Waals surface area contributed by atoms with Crippen molar-refractivity contribution in [3.63, 3.8) is 0 Å². The van der Waals surface area contributed by atoms with E-state index in [2.05, 4.69) is 5.32 Å². The van der Waals surface area contributed by atoms with Gasteiger partial charge in [0.05, 0.1) is 17.9 Å². The van der Waals surface area contributed by atoms with Crippen LogP contribution in [0.5, 0.6) is 0 Å². The second kappa shape index (κ2) is 9.85. The lowest BCUT2D eigenvalue weighted by Gasteiger charge is -2.09. The van der Waals surface area contributed by atoms with Crippen LogP contribution < -0.4 is 5.32 Å². The van der Waals surface area contributed by atoms with Crippen LogP contribution in [0.15, 0.2) is 65.1 Å². The predicted molar refractivity (Wildman–Crippen MR) is 107 cm³/mol. The van der Waals surface area contributed by atoms with Crippen LogP contribution in [0, 0.1) is 6.92 Å². The maximum absolute atomic E-state index is 12.3. The molecular formula is C21H23NO5S. The Morgan fingerprint density at radius 2 is 1.68 bits per heavy atom. The van der Waals surface area contributed by atoms with Crippen molar-refractivity contribution in [2.45, 2.75) is 25.2 Å². The molecule has 2 aromatic rings. The Morgan fingerprint density at radius 3 is 2.29 bits per heavy atom. The summed E-state index contributed by atoms with van der Waals surface area (Å²) in [6.45, 7) is 3.70. The van der Waals surface area contributed by atoms with Gasteiger partial charge in [-0.3, -0.25) is 4.79 Å². The summed E-state index contributed by atoms with van der Waals surface area (Å²) in [5.74, 6) is -1.73. The van der Waals surface area contributed by atoms with E-state index in [4.69, 9.17) is 4.74 Å². The second-order valence-electron chi connectivity index (χ2n) is 6.15. The van der Waals surface area contributed by atoms with E-state index in [0.717, 1.165) is 11.1 Å². The van der Waals surface area contributed by atoms with Gasteiger partial charge >= 0.3 is 5.97 Å². The number of aryl methyl sites for hydroxylation is 1. The number of hydrogen-bond donors (Lipinski definition) is 1. The molecule has 0 atom stereocenters. The van der Waals surface area contributed by atoms with Crippen LogP contribution in [0.25, 0.3) is 6.08 Å². The zero-order valence-electron chi connectivity index (χ0n) is 15.8. The van der Waals surface area contributed by atoms with Gasteiger partial charge in [-0.05, 0) is 37.6 Å². The van der Waals surface area contributed by atoms with Crippen LogP contribution in [0.1, 0.15) is 24.5 Å². The Balaban J connectivity index is 2.08. The van der Waals surface area contributed by atoms with Gasteiger partial charge in [-0.25, -0.2) is 13.2 Å². The molecule has 148 valence electrons. The molecule has 0 heterocycles. The molecule has 0 fully saturated rings. The number of carbonyl (C=O) groups is 2. The number of ether oxygens (including phenoxy) is 1. The molecular weight excluding hydrogens is 378 g/mol. The molecule has 0 saturated heterocycles. The first-order chi connectivity index (χ1) is 13.3. The summed E-state index contributed by atoms with van der Waals surface area (Å²) in [5, 5.41) is 2.37. The van der Waals surface area contributed by atoms with Gasteiger partial charge < -0.3 is 10.1 Å². The summed E-state index contributed by atoms with van der Waals surface area (Å²) in [7, 11) is -3.66. The van der Waals surface area contributed by atoms with Gasteiger partial charge in [0.15, 0.2) is 9.84 Å². The van der Waals surface area contributed by atoms with Gasteiger partial charge in [0.1, 0.15) is 5.88 Å². The Morgan fingerprint density at radius 1 is 1.04 bits per heavy atom. The lowest BCUT2D eigenvalue weighted by atomic mass is 10.1. The highest BCUT2D eigenvalue weighted by molar-refractivity contribution is 7.91.